The van der Waals surface area contributed by atoms with Gasteiger partial charge in [-0.25, -0.2) is 0 Å². The third-order valence-corrected chi connectivity index (χ3v) is 3.86. The summed E-state index contributed by atoms with van der Waals surface area (Å²) >= 11 is 0. The Balaban J connectivity index is 1.68. The predicted molar refractivity (Wildman–Crippen MR) is 64.2 cm³/mol. The maximum atomic E-state index is 10.6. The average Bonchev–Trinajstić information content (AvgIpc) is 2.21. The van der Waals surface area contributed by atoms with Crippen LogP contribution in [0.3, 0.4) is 0 Å². The van der Waals surface area contributed by atoms with Gasteiger partial charge >= 0.3 is 0 Å². The Morgan fingerprint density at radius 2 is 1.88 bits per heavy atom. The van der Waals surface area contributed by atoms with E-state index < -0.39 is 10.1 Å². The third kappa shape index (κ3) is 4.11. The summed E-state index contributed by atoms with van der Waals surface area (Å²) < 4.78 is 35.6. The smallest absolute Gasteiger partial charge is 0.265 e. The van der Waals surface area contributed by atoms with Crippen LogP contribution in [0.25, 0.3) is 0 Å². The first kappa shape index (κ1) is 12.5. The maximum Gasteiger partial charge on any atom is 0.265 e. The number of ether oxygens (including phenoxy) is 1. The van der Waals surface area contributed by atoms with E-state index in [1.165, 1.54) is 0 Å². The molecule has 1 fully saturated rings. The number of benzene rings is 1. The quantitative estimate of drug-likeness (QED) is 0.817. The average molecular weight is 256 g/mol. The molecule has 0 spiro atoms. The SMILES string of the molecule is O=S(=O)(O)C[C@H]1C[C@H](OCc2ccccc2)C1. The summed E-state index contributed by atoms with van der Waals surface area (Å²) in [4.78, 5) is 0. The molecule has 0 aliphatic heterocycles. The zero-order valence-electron chi connectivity index (χ0n) is 9.45. The summed E-state index contributed by atoms with van der Waals surface area (Å²) in [7, 11) is -3.83. The second kappa shape index (κ2) is 5.16. The molecule has 0 saturated heterocycles. The van der Waals surface area contributed by atoms with Crippen molar-refractivity contribution in [3.05, 3.63) is 35.9 Å². The second-order valence-corrected chi connectivity index (χ2v) is 6.00. The van der Waals surface area contributed by atoms with Crippen LogP contribution in [0, 0.1) is 5.92 Å². The van der Waals surface area contributed by atoms with Crippen molar-refractivity contribution in [2.75, 3.05) is 5.75 Å². The van der Waals surface area contributed by atoms with Gasteiger partial charge in [0.2, 0.25) is 0 Å². The Labute approximate surface area is 101 Å². The molecule has 4 nitrogen and oxygen atoms in total. The van der Waals surface area contributed by atoms with Crippen LogP contribution in [0.4, 0.5) is 0 Å². The van der Waals surface area contributed by atoms with Gasteiger partial charge < -0.3 is 4.74 Å². The Morgan fingerprint density at radius 1 is 1.24 bits per heavy atom. The molecule has 1 N–H and O–H groups in total. The fraction of sp³-hybridized carbons (Fsp3) is 0.500. The van der Waals surface area contributed by atoms with Crippen molar-refractivity contribution < 1.29 is 17.7 Å². The molecule has 1 aromatic carbocycles. The highest BCUT2D eigenvalue weighted by Crippen LogP contribution is 2.31. The van der Waals surface area contributed by atoms with Crippen LogP contribution >= 0.6 is 0 Å². The van der Waals surface area contributed by atoms with Gasteiger partial charge in [0.25, 0.3) is 10.1 Å². The van der Waals surface area contributed by atoms with Crippen molar-refractivity contribution >= 4 is 10.1 Å². The fourth-order valence-corrected chi connectivity index (χ4v) is 2.90. The summed E-state index contributed by atoms with van der Waals surface area (Å²) in [6, 6.07) is 9.86. The molecule has 1 aliphatic rings. The first-order valence-corrected chi connectivity index (χ1v) is 7.24. The molecular weight excluding hydrogens is 240 g/mol. The van der Waals surface area contributed by atoms with Gasteiger partial charge in [0.05, 0.1) is 18.5 Å². The van der Waals surface area contributed by atoms with Crippen LogP contribution < -0.4 is 0 Å². The molecule has 0 aromatic heterocycles. The summed E-state index contributed by atoms with van der Waals surface area (Å²) in [6.07, 6.45) is 1.56. The van der Waals surface area contributed by atoms with Crippen molar-refractivity contribution in [1.82, 2.24) is 0 Å². The van der Waals surface area contributed by atoms with Crippen molar-refractivity contribution in [2.24, 2.45) is 5.92 Å². The van der Waals surface area contributed by atoms with Crippen molar-refractivity contribution in [3.8, 4) is 0 Å². The number of hydrogen-bond donors (Lipinski definition) is 1. The van der Waals surface area contributed by atoms with Gasteiger partial charge in [0.15, 0.2) is 0 Å². The van der Waals surface area contributed by atoms with Crippen LogP contribution in [0.1, 0.15) is 18.4 Å². The molecule has 94 valence electrons. The topological polar surface area (TPSA) is 63.6 Å². The van der Waals surface area contributed by atoms with E-state index in [0.29, 0.717) is 19.4 Å². The van der Waals surface area contributed by atoms with E-state index in [1.807, 2.05) is 30.3 Å². The molecule has 0 atom stereocenters. The van der Waals surface area contributed by atoms with Gasteiger partial charge in [-0.3, -0.25) is 4.55 Å². The summed E-state index contributed by atoms with van der Waals surface area (Å²) in [5, 5.41) is 0. The Morgan fingerprint density at radius 3 is 2.47 bits per heavy atom. The lowest BCUT2D eigenvalue weighted by Gasteiger charge is -2.34. The molecule has 0 unspecified atom stereocenters. The minimum absolute atomic E-state index is 0.0470. The Hall–Kier alpha value is -0.910. The van der Waals surface area contributed by atoms with Gasteiger partial charge in [-0.2, -0.15) is 8.42 Å². The molecule has 0 radical (unpaired) electrons. The first-order chi connectivity index (χ1) is 8.03. The molecule has 0 heterocycles. The van der Waals surface area contributed by atoms with E-state index in [2.05, 4.69) is 0 Å². The zero-order valence-corrected chi connectivity index (χ0v) is 10.3. The second-order valence-electron chi connectivity index (χ2n) is 4.50. The molecule has 5 heteroatoms. The van der Waals surface area contributed by atoms with Crippen LogP contribution in [-0.2, 0) is 21.5 Å². The van der Waals surface area contributed by atoms with E-state index in [-0.39, 0.29) is 17.8 Å². The lowest BCUT2D eigenvalue weighted by molar-refractivity contribution is -0.0346. The highest BCUT2D eigenvalue weighted by Gasteiger charge is 2.32. The van der Waals surface area contributed by atoms with Crippen LogP contribution in [-0.4, -0.2) is 24.8 Å². The largest absolute Gasteiger partial charge is 0.374 e. The third-order valence-electron chi connectivity index (χ3n) is 2.97. The maximum absolute atomic E-state index is 10.6. The summed E-state index contributed by atoms with van der Waals surface area (Å²) in [6.45, 7) is 0.560. The fourth-order valence-electron chi connectivity index (χ4n) is 2.03. The van der Waals surface area contributed by atoms with Crippen molar-refractivity contribution in [3.63, 3.8) is 0 Å². The van der Waals surface area contributed by atoms with Crippen LogP contribution in [0.5, 0.6) is 0 Å². The van der Waals surface area contributed by atoms with Gasteiger partial charge in [0, 0.05) is 0 Å². The van der Waals surface area contributed by atoms with Crippen molar-refractivity contribution in [1.29, 1.82) is 0 Å². The van der Waals surface area contributed by atoms with Gasteiger partial charge in [-0.1, -0.05) is 30.3 Å². The molecule has 1 aliphatic carbocycles. The minimum atomic E-state index is -3.83. The number of rotatable bonds is 5. The molecule has 0 bridgehead atoms. The van der Waals surface area contributed by atoms with E-state index in [4.69, 9.17) is 9.29 Å². The molecular formula is C12H16O4S. The van der Waals surface area contributed by atoms with Gasteiger partial charge in [0.1, 0.15) is 0 Å². The first-order valence-electron chi connectivity index (χ1n) is 5.63. The van der Waals surface area contributed by atoms with E-state index in [9.17, 15) is 8.42 Å². The molecule has 0 amide bonds. The number of hydrogen-bond acceptors (Lipinski definition) is 3. The van der Waals surface area contributed by atoms with Crippen LogP contribution in [0.15, 0.2) is 30.3 Å². The lowest BCUT2D eigenvalue weighted by Crippen LogP contribution is -2.35. The van der Waals surface area contributed by atoms with E-state index in [0.717, 1.165) is 5.56 Å². The normalized spacial score (nSPS) is 24.3. The van der Waals surface area contributed by atoms with Crippen molar-refractivity contribution in [2.45, 2.75) is 25.6 Å². The Bertz CT molecular complexity index is 449. The molecule has 17 heavy (non-hydrogen) atoms. The zero-order chi connectivity index (χ0) is 12.3. The minimum Gasteiger partial charge on any atom is -0.374 e. The Kier molecular flexibility index (Phi) is 3.81. The highest BCUT2D eigenvalue weighted by molar-refractivity contribution is 7.85. The lowest BCUT2D eigenvalue weighted by atomic mass is 9.84. The summed E-state index contributed by atoms with van der Waals surface area (Å²) in [5.74, 6) is -0.0937. The summed E-state index contributed by atoms with van der Waals surface area (Å²) in [5.41, 5.74) is 1.12. The predicted octanol–water partition coefficient (Wildman–Crippen LogP) is 1.87. The van der Waals surface area contributed by atoms with Gasteiger partial charge in [-0.05, 0) is 24.3 Å². The molecule has 1 saturated carbocycles. The molecule has 2 rings (SSSR count). The standard InChI is InChI=1S/C12H16O4S/c13-17(14,15)9-11-6-12(7-11)16-8-10-4-2-1-3-5-10/h1-5,11-12H,6-9H2,(H,13,14,15)/t11-,12-. The van der Waals surface area contributed by atoms with E-state index >= 15 is 0 Å². The highest BCUT2D eigenvalue weighted by atomic mass is 32.2. The molecule has 1 aromatic rings. The monoisotopic (exact) mass is 256 g/mol. The van der Waals surface area contributed by atoms with E-state index in [1.54, 1.807) is 0 Å². The van der Waals surface area contributed by atoms with Gasteiger partial charge in [-0.15, -0.1) is 0 Å². The van der Waals surface area contributed by atoms with Crippen LogP contribution in [0.2, 0.25) is 0 Å².